The minimum atomic E-state index is -0.880. The number of aliphatic hydroxyl groups excluding tert-OH is 1. The van der Waals surface area contributed by atoms with Crippen molar-refractivity contribution in [1.82, 2.24) is 19.7 Å². The summed E-state index contributed by atoms with van der Waals surface area (Å²) < 4.78 is 12.9. The van der Waals surface area contributed by atoms with Gasteiger partial charge in [-0.2, -0.15) is 0 Å². The van der Waals surface area contributed by atoms with Gasteiger partial charge in [0.25, 0.3) is 0 Å². The highest BCUT2D eigenvalue weighted by atomic mass is 16.6. The average Bonchev–Trinajstić information content (AvgIpc) is 3.23. The molecule has 0 spiro atoms. The van der Waals surface area contributed by atoms with E-state index in [9.17, 15) is 5.11 Å². The van der Waals surface area contributed by atoms with Crippen LogP contribution in [0.25, 0.3) is 28.2 Å². The number of oxazole rings is 1. The predicted octanol–water partition coefficient (Wildman–Crippen LogP) is 2.79. The van der Waals surface area contributed by atoms with E-state index in [0.29, 0.717) is 17.2 Å². The van der Waals surface area contributed by atoms with Gasteiger partial charge in [-0.1, -0.05) is 0 Å². The Morgan fingerprint density at radius 2 is 1.83 bits per heavy atom. The molecule has 2 aromatic carbocycles. The Bertz CT molecular complexity index is 959. The number of aromatic nitrogens is 4. The highest BCUT2D eigenvalue weighted by Crippen LogP contribution is 2.27. The van der Waals surface area contributed by atoms with E-state index in [-0.39, 0.29) is 0 Å². The molecule has 0 bridgehead atoms. The average molecular weight is 322 g/mol. The maximum atomic E-state index is 9.29. The van der Waals surface area contributed by atoms with Gasteiger partial charge in [-0.05, 0) is 43.3 Å². The van der Waals surface area contributed by atoms with Crippen LogP contribution in [0.5, 0.6) is 5.75 Å². The van der Waals surface area contributed by atoms with Crippen LogP contribution in [0.1, 0.15) is 6.92 Å². The summed E-state index contributed by atoms with van der Waals surface area (Å²) in [5.74, 6) is 1.05. The molecule has 4 rings (SSSR count). The van der Waals surface area contributed by atoms with Gasteiger partial charge in [0.05, 0.1) is 0 Å². The van der Waals surface area contributed by atoms with Gasteiger partial charge in [-0.15, -0.1) is 10.2 Å². The Labute approximate surface area is 137 Å². The second-order valence-corrected chi connectivity index (χ2v) is 5.28. The zero-order valence-corrected chi connectivity index (χ0v) is 12.8. The van der Waals surface area contributed by atoms with Crippen LogP contribution in [-0.2, 0) is 0 Å². The zero-order valence-electron chi connectivity index (χ0n) is 12.8. The van der Waals surface area contributed by atoms with Gasteiger partial charge in [0, 0.05) is 17.3 Å². The molecule has 0 amide bonds. The molecule has 7 nitrogen and oxygen atoms in total. The van der Waals surface area contributed by atoms with Gasteiger partial charge in [0.15, 0.2) is 11.9 Å². The molecule has 2 aromatic heterocycles. The van der Waals surface area contributed by atoms with E-state index >= 15 is 0 Å². The quantitative estimate of drug-likeness (QED) is 0.581. The SMILES string of the molecule is CC(O)Oc1ccc2nc(-c3ccc(-n4cnnc4)cc3)oc2c1. The fourth-order valence-corrected chi connectivity index (χ4v) is 2.41. The number of hydrogen-bond acceptors (Lipinski definition) is 6. The predicted molar refractivity (Wildman–Crippen MR) is 86.7 cm³/mol. The van der Waals surface area contributed by atoms with Crippen LogP contribution in [0.4, 0.5) is 0 Å². The molecule has 2 heterocycles. The Hall–Kier alpha value is -3.19. The summed E-state index contributed by atoms with van der Waals surface area (Å²) >= 11 is 0. The molecule has 24 heavy (non-hydrogen) atoms. The third-order valence-electron chi connectivity index (χ3n) is 3.50. The first-order valence-corrected chi connectivity index (χ1v) is 7.40. The zero-order chi connectivity index (χ0) is 16.5. The first-order valence-electron chi connectivity index (χ1n) is 7.40. The van der Waals surface area contributed by atoms with Crippen molar-refractivity contribution in [2.24, 2.45) is 0 Å². The molecular formula is C17H14N4O3. The highest BCUT2D eigenvalue weighted by Gasteiger charge is 2.10. The molecule has 0 aliphatic rings. The molecule has 1 unspecified atom stereocenters. The van der Waals surface area contributed by atoms with Gasteiger partial charge in [-0.3, -0.25) is 4.57 Å². The number of hydrogen-bond donors (Lipinski definition) is 1. The number of nitrogens with zero attached hydrogens (tertiary/aromatic N) is 4. The van der Waals surface area contributed by atoms with Crippen LogP contribution in [-0.4, -0.2) is 31.1 Å². The number of aliphatic hydroxyl groups is 1. The Balaban J connectivity index is 1.66. The molecule has 0 saturated carbocycles. The lowest BCUT2D eigenvalue weighted by Gasteiger charge is -2.07. The van der Waals surface area contributed by atoms with Crippen LogP contribution in [0, 0.1) is 0 Å². The maximum Gasteiger partial charge on any atom is 0.227 e. The molecule has 1 atom stereocenters. The third kappa shape index (κ3) is 2.72. The molecule has 120 valence electrons. The second kappa shape index (κ2) is 5.78. The first-order chi connectivity index (χ1) is 11.7. The molecule has 0 aliphatic carbocycles. The van der Waals surface area contributed by atoms with E-state index in [1.165, 1.54) is 0 Å². The van der Waals surface area contributed by atoms with Crippen LogP contribution in [0.15, 0.2) is 59.5 Å². The van der Waals surface area contributed by atoms with Crippen molar-refractivity contribution >= 4 is 11.1 Å². The Morgan fingerprint density at radius 3 is 2.54 bits per heavy atom. The summed E-state index contributed by atoms with van der Waals surface area (Å²) in [7, 11) is 0. The van der Waals surface area contributed by atoms with Gasteiger partial charge < -0.3 is 14.3 Å². The molecule has 0 saturated heterocycles. The normalized spacial score (nSPS) is 12.4. The number of benzene rings is 2. The fourth-order valence-electron chi connectivity index (χ4n) is 2.41. The molecule has 0 radical (unpaired) electrons. The summed E-state index contributed by atoms with van der Waals surface area (Å²) in [4.78, 5) is 4.48. The first kappa shape index (κ1) is 14.4. The minimum absolute atomic E-state index is 0.523. The maximum absolute atomic E-state index is 9.29. The van der Waals surface area contributed by atoms with Crippen LogP contribution >= 0.6 is 0 Å². The van der Waals surface area contributed by atoms with Crippen LogP contribution < -0.4 is 4.74 Å². The highest BCUT2D eigenvalue weighted by molar-refractivity contribution is 5.77. The lowest BCUT2D eigenvalue weighted by Crippen LogP contribution is -2.09. The van der Waals surface area contributed by atoms with E-state index in [4.69, 9.17) is 9.15 Å². The molecule has 1 N–H and O–H groups in total. The summed E-state index contributed by atoms with van der Waals surface area (Å²) in [6, 6.07) is 13.0. The Kier molecular flexibility index (Phi) is 3.47. The lowest BCUT2D eigenvalue weighted by molar-refractivity contribution is -0.000224. The molecule has 7 heteroatoms. The molecule has 0 aliphatic heterocycles. The third-order valence-corrected chi connectivity index (χ3v) is 3.50. The number of ether oxygens (including phenoxy) is 1. The summed E-state index contributed by atoms with van der Waals surface area (Å²) in [5.41, 5.74) is 3.14. The van der Waals surface area contributed by atoms with Crippen molar-refractivity contribution in [3.8, 4) is 22.9 Å². The summed E-state index contributed by atoms with van der Waals surface area (Å²) in [6.45, 7) is 1.55. The van der Waals surface area contributed by atoms with E-state index < -0.39 is 6.29 Å². The van der Waals surface area contributed by atoms with Gasteiger partial charge in [-0.25, -0.2) is 4.98 Å². The van der Waals surface area contributed by atoms with Crippen molar-refractivity contribution in [1.29, 1.82) is 0 Å². The van der Waals surface area contributed by atoms with Crippen LogP contribution in [0.3, 0.4) is 0 Å². The topological polar surface area (TPSA) is 86.2 Å². The summed E-state index contributed by atoms with van der Waals surface area (Å²) in [5, 5.41) is 16.9. The van der Waals surface area contributed by atoms with E-state index in [1.54, 1.807) is 37.8 Å². The van der Waals surface area contributed by atoms with E-state index in [0.717, 1.165) is 16.8 Å². The summed E-state index contributed by atoms with van der Waals surface area (Å²) in [6.07, 6.45) is 2.39. The molecular weight excluding hydrogens is 308 g/mol. The number of fused-ring (bicyclic) bond motifs is 1. The second-order valence-electron chi connectivity index (χ2n) is 5.28. The van der Waals surface area contributed by atoms with E-state index in [1.807, 2.05) is 28.8 Å². The Morgan fingerprint density at radius 1 is 1.08 bits per heavy atom. The molecule has 0 fully saturated rings. The molecule has 4 aromatic rings. The smallest absolute Gasteiger partial charge is 0.227 e. The van der Waals surface area contributed by atoms with Crippen molar-refractivity contribution in [2.45, 2.75) is 13.2 Å². The van der Waals surface area contributed by atoms with Gasteiger partial charge in [0.2, 0.25) is 5.89 Å². The van der Waals surface area contributed by atoms with Crippen molar-refractivity contribution in [3.63, 3.8) is 0 Å². The monoisotopic (exact) mass is 322 g/mol. The lowest BCUT2D eigenvalue weighted by atomic mass is 10.2. The van der Waals surface area contributed by atoms with Crippen molar-refractivity contribution in [3.05, 3.63) is 55.1 Å². The van der Waals surface area contributed by atoms with E-state index in [2.05, 4.69) is 15.2 Å². The standard InChI is InChI=1S/C17H14N4O3/c1-11(22)23-14-6-7-15-16(8-14)24-17(20-15)12-2-4-13(5-3-12)21-9-18-19-10-21/h2-11,22H,1H3. The number of rotatable bonds is 4. The van der Waals surface area contributed by atoms with Gasteiger partial charge in [0.1, 0.15) is 23.9 Å². The fraction of sp³-hybridized carbons (Fsp3) is 0.118. The van der Waals surface area contributed by atoms with Crippen LogP contribution in [0.2, 0.25) is 0 Å². The van der Waals surface area contributed by atoms with Crippen molar-refractivity contribution in [2.75, 3.05) is 0 Å². The van der Waals surface area contributed by atoms with Crippen molar-refractivity contribution < 1.29 is 14.3 Å². The van der Waals surface area contributed by atoms with Gasteiger partial charge >= 0.3 is 0 Å². The minimum Gasteiger partial charge on any atom is -0.465 e. The largest absolute Gasteiger partial charge is 0.465 e.